The molecule has 0 aliphatic carbocycles. The summed E-state index contributed by atoms with van der Waals surface area (Å²) in [5, 5.41) is 7.70. The van der Waals surface area contributed by atoms with Crippen molar-refractivity contribution < 1.29 is 0 Å². The van der Waals surface area contributed by atoms with Gasteiger partial charge in [0, 0.05) is 23.3 Å². The highest BCUT2D eigenvalue weighted by Gasteiger charge is 2.04. The molecule has 4 aromatic rings. The second kappa shape index (κ2) is 6.57. The molecule has 25 heavy (non-hydrogen) atoms. The number of aryl methyl sites for hydroxylation is 1. The van der Waals surface area contributed by atoms with Crippen molar-refractivity contribution in [2.45, 2.75) is 6.92 Å². The molecule has 0 fully saturated rings. The molecule has 4 rings (SSSR count). The highest BCUT2D eigenvalue weighted by Crippen LogP contribution is 2.24. The molecule has 122 valence electrons. The molecule has 0 radical (unpaired) electrons. The van der Waals surface area contributed by atoms with Crippen molar-refractivity contribution in [3.05, 3.63) is 78.8 Å². The van der Waals surface area contributed by atoms with Gasteiger partial charge in [0.2, 0.25) is 0 Å². The van der Waals surface area contributed by atoms with Gasteiger partial charge in [-0.1, -0.05) is 35.9 Å². The van der Waals surface area contributed by atoms with Gasteiger partial charge in [0.15, 0.2) is 0 Å². The van der Waals surface area contributed by atoms with Crippen LogP contribution < -0.4 is 10.6 Å². The zero-order valence-corrected chi connectivity index (χ0v) is 13.8. The molecule has 0 atom stereocenters. The van der Waals surface area contributed by atoms with Crippen LogP contribution in [0.5, 0.6) is 0 Å². The van der Waals surface area contributed by atoms with Crippen LogP contribution in [0.2, 0.25) is 0 Å². The Kier molecular flexibility index (Phi) is 3.96. The van der Waals surface area contributed by atoms with Gasteiger partial charge in [-0.3, -0.25) is 4.98 Å². The quantitative estimate of drug-likeness (QED) is 0.562. The molecule has 5 heteroatoms. The molecule has 2 aromatic heterocycles. The summed E-state index contributed by atoms with van der Waals surface area (Å²) in [6.45, 7) is 2.06. The summed E-state index contributed by atoms with van der Waals surface area (Å²) in [4.78, 5) is 13.0. The summed E-state index contributed by atoms with van der Waals surface area (Å²) in [6, 6.07) is 20.1. The summed E-state index contributed by atoms with van der Waals surface area (Å²) in [6.07, 6.45) is 3.33. The van der Waals surface area contributed by atoms with E-state index in [1.165, 1.54) is 11.9 Å². The number of benzene rings is 2. The number of hydrogen-bond donors (Lipinski definition) is 2. The summed E-state index contributed by atoms with van der Waals surface area (Å²) in [5.41, 5.74) is 4.04. The third-order valence-corrected chi connectivity index (χ3v) is 3.89. The maximum absolute atomic E-state index is 4.45. The van der Waals surface area contributed by atoms with E-state index in [-0.39, 0.29) is 0 Å². The predicted octanol–water partition coefficient (Wildman–Crippen LogP) is 4.82. The molecule has 2 heterocycles. The first-order chi connectivity index (χ1) is 12.3. The number of pyridine rings is 1. The Morgan fingerprint density at radius 2 is 1.52 bits per heavy atom. The fourth-order valence-corrected chi connectivity index (χ4v) is 2.62. The summed E-state index contributed by atoms with van der Waals surface area (Å²) >= 11 is 0. The topological polar surface area (TPSA) is 62.7 Å². The van der Waals surface area contributed by atoms with E-state index in [2.05, 4.69) is 44.6 Å². The van der Waals surface area contributed by atoms with Crippen LogP contribution in [-0.2, 0) is 0 Å². The molecule has 2 N–H and O–H groups in total. The lowest BCUT2D eigenvalue weighted by molar-refractivity contribution is 1.17. The Bertz CT molecular complexity index is 1010. The van der Waals surface area contributed by atoms with E-state index in [4.69, 9.17) is 0 Å². The number of para-hydroxylation sites is 1. The molecular weight excluding hydrogens is 310 g/mol. The summed E-state index contributed by atoms with van der Waals surface area (Å²) < 4.78 is 0. The van der Waals surface area contributed by atoms with Crippen molar-refractivity contribution in [3.63, 3.8) is 0 Å². The molecule has 0 unspecified atom stereocenters. The minimum absolute atomic E-state index is 0.711. The first-order valence-electron chi connectivity index (χ1n) is 8.04. The van der Waals surface area contributed by atoms with E-state index in [1.807, 2.05) is 48.5 Å². The Morgan fingerprint density at radius 1 is 0.760 bits per heavy atom. The third-order valence-electron chi connectivity index (χ3n) is 3.89. The van der Waals surface area contributed by atoms with Crippen LogP contribution in [-0.4, -0.2) is 15.0 Å². The number of nitrogens with one attached hydrogen (secondary N) is 2. The van der Waals surface area contributed by atoms with Crippen molar-refractivity contribution in [1.29, 1.82) is 0 Å². The molecule has 0 bridgehead atoms. The van der Waals surface area contributed by atoms with Crippen LogP contribution in [0.1, 0.15) is 5.56 Å². The minimum Gasteiger partial charge on any atom is -0.340 e. The molecule has 0 aliphatic heterocycles. The van der Waals surface area contributed by atoms with Crippen LogP contribution in [0.3, 0.4) is 0 Å². The van der Waals surface area contributed by atoms with Gasteiger partial charge < -0.3 is 10.6 Å². The maximum Gasteiger partial charge on any atom is 0.135 e. The molecule has 0 amide bonds. The number of nitrogens with zero attached hydrogens (tertiary/aromatic N) is 3. The lowest BCUT2D eigenvalue weighted by Crippen LogP contribution is -1.99. The van der Waals surface area contributed by atoms with Gasteiger partial charge in [-0.15, -0.1) is 0 Å². The SMILES string of the molecule is Cc1ccc(Nc2cc(Nc3cccc4cccnc34)ncn2)cc1. The van der Waals surface area contributed by atoms with E-state index in [0.717, 1.165) is 28.1 Å². The first-order valence-corrected chi connectivity index (χ1v) is 8.04. The fraction of sp³-hybridized carbons (Fsp3) is 0.0500. The van der Waals surface area contributed by atoms with E-state index in [0.29, 0.717) is 5.82 Å². The molecule has 0 saturated carbocycles. The third kappa shape index (κ3) is 3.40. The Morgan fingerprint density at radius 3 is 2.36 bits per heavy atom. The Balaban J connectivity index is 1.60. The lowest BCUT2D eigenvalue weighted by atomic mass is 10.2. The van der Waals surface area contributed by atoms with Gasteiger partial charge in [0.05, 0.1) is 11.2 Å². The average molecular weight is 327 g/mol. The molecule has 5 nitrogen and oxygen atoms in total. The van der Waals surface area contributed by atoms with Crippen LogP contribution in [0.25, 0.3) is 10.9 Å². The number of aromatic nitrogens is 3. The van der Waals surface area contributed by atoms with Crippen molar-refractivity contribution >= 4 is 33.9 Å². The number of fused-ring (bicyclic) bond motifs is 1. The standard InChI is InChI=1S/C20H17N5/c1-14-7-9-16(10-8-14)24-18-12-19(23-13-22-18)25-17-6-2-4-15-5-3-11-21-20(15)17/h2-13H,1H3,(H2,22,23,24,25). The molecular formula is C20H17N5. The van der Waals surface area contributed by atoms with E-state index in [9.17, 15) is 0 Å². The van der Waals surface area contributed by atoms with Gasteiger partial charge in [0.1, 0.15) is 18.0 Å². The van der Waals surface area contributed by atoms with E-state index in [1.54, 1.807) is 6.20 Å². The molecule has 0 aliphatic rings. The van der Waals surface area contributed by atoms with Crippen LogP contribution in [0.15, 0.2) is 73.2 Å². The normalized spacial score (nSPS) is 10.6. The predicted molar refractivity (Wildman–Crippen MR) is 102 cm³/mol. The van der Waals surface area contributed by atoms with E-state index < -0.39 is 0 Å². The fourth-order valence-electron chi connectivity index (χ4n) is 2.62. The Hall–Kier alpha value is -3.47. The number of rotatable bonds is 4. The second-order valence-corrected chi connectivity index (χ2v) is 5.79. The van der Waals surface area contributed by atoms with Crippen LogP contribution in [0, 0.1) is 6.92 Å². The van der Waals surface area contributed by atoms with Crippen LogP contribution in [0.4, 0.5) is 23.0 Å². The highest BCUT2D eigenvalue weighted by molar-refractivity contribution is 5.91. The lowest BCUT2D eigenvalue weighted by Gasteiger charge is -2.10. The zero-order valence-electron chi connectivity index (χ0n) is 13.8. The highest BCUT2D eigenvalue weighted by atomic mass is 15.1. The van der Waals surface area contributed by atoms with Crippen molar-refractivity contribution in [1.82, 2.24) is 15.0 Å². The van der Waals surface area contributed by atoms with Gasteiger partial charge >= 0.3 is 0 Å². The van der Waals surface area contributed by atoms with Crippen molar-refractivity contribution in [2.24, 2.45) is 0 Å². The largest absolute Gasteiger partial charge is 0.340 e. The van der Waals surface area contributed by atoms with Crippen molar-refractivity contribution in [2.75, 3.05) is 10.6 Å². The van der Waals surface area contributed by atoms with Crippen molar-refractivity contribution in [3.8, 4) is 0 Å². The molecule has 2 aromatic carbocycles. The van der Waals surface area contributed by atoms with Gasteiger partial charge in [-0.05, 0) is 31.2 Å². The first kappa shape index (κ1) is 15.1. The second-order valence-electron chi connectivity index (χ2n) is 5.79. The number of anilines is 4. The van der Waals surface area contributed by atoms with E-state index >= 15 is 0 Å². The van der Waals surface area contributed by atoms with Gasteiger partial charge in [0.25, 0.3) is 0 Å². The smallest absolute Gasteiger partial charge is 0.135 e. The minimum atomic E-state index is 0.711. The van der Waals surface area contributed by atoms with Gasteiger partial charge in [-0.25, -0.2) is 9.97 Å². The molecule has 0 saturated heterocycles. The maximum atomic E-state index is 4.45. The molecule has 0 spiro atoms. The summed E-state index contributed by atoms with van der Waals surface area (Å²) in [5.74, 6) is 1.44. The average Bonchev–Trinajstić information content (AvgIpc) is 2.64. The monoisotopic (exact) mass is 327 g/mol. The summed E-state index contributed by atoms with van der Waals surface area (Å²) in [7, 11) is 0. The zero-order chi connectivity index (χ0) is 17.1. The Labute approximate surface area is 145 Å². The van der Waals surface area contributed by atoms with Gasteiger partial charge in [-0.2, -0.15) is 0 Å². The van der Waals surface area contributed by atoms with Crippen LogP contribution >= 0.6 is 0 Å². The number of hydrogen-bond acceptors (Lipinski definition) is 5.